The van der Waals surface area contributed by atoms with Gasteiger partial charge in [-0.1, -0.05) is 0 Å². The second-order valence-corrected chi connectivity index (χ2v) is 8.73. The molecule has 1 amide bonds. The van der Waals surface area contributed by atoms with Gasteiger partial charge in [0.25, 0.3) is 0 Å². The van der Waals surface area contributed by atoms with E-state index in [0.29, 0.717) is 19.4 Å². The first-order valence-electron chi connectivity index (χ1n) is 5.35. The fraction of sp³-hybridized carbons (Fsp3) is 0.900. The minimum atomic E-state index is -3.47. The van der Waals surface area contributed by atoms with E-state index in [9.17, 15) is 13.2 Å². The number of rotatable bonds is 1. The second-order valence-electron chi connectivity index (χ2n) is 5.12. The Morgan fingerprint density at radius 3 is 2.44 bits per heavy atom. The van der Waals surface area contributed by atoms with Gasteiger partial charge in [0.2, 0.25) is 5.91 Å². The topological polar surface area (TPSA) is 63.2 Å². The quantitative estimate of drug-likeness (QED) is 0.689. The zero-order valence-electron chi connectivity index (χ0n) is 9.86. The summed E-state index contributed by atoms with van der Waals surface area (Å²) in [7, 11) is -3.47. The van der Waals surface area contributed by atoms with Gasteiger partial charge in [-0.3, -0.25) is 4.79 Å². The molecular formula is C10H19NO3S2. The Kier molecular flexibility index (Phi) is 3.95. The van der Waals surface area contributed by atoms with Crippen LogP contribution >= 0.6 is 12.6 Å². The lowest BCUT2D eigenvalue weighted by molar-refractivity contribution is -0.120. The number of amides is 1. The summed E-state index contributed by atoms with van der Waals surface area (Å²) >= 11 is 4.30. The number of carbonyl (C=O) groups is 1. The molecule has 4 nitrogen and oxygen atoms in total. The lowest BCUT2D eigenvalue weighted by Crippen LogP contribution is -2.46. The maximum atomic E-state index is 12.2. The van der Waals surface area contributed by atoms with Gasteiger partial charge in [-0.15, -0.1) is 0 Å². The molecule has 16 heavy (non-hydrogen) atoms. The highest BCUT2D eigenvalue weighted by molar-refractivity contribution is 7.94. The Morgan fingerprint density at radius 2 is 1.94 bits per heavy atom. The van der Waals surface area contributed by atoms with E-state index < -0.39 is 19.8 Å². The molecule has 94 valence electrons. The maximum absolute atomic E-state index is 12.2. The zero-order chi connectivity index (χ0) is 12.6. The molecule has 0 aromatic carbocycles. The van der Waals surface area contributed by atoms with E-state index in [1.807, 2.05) is 0 Å². The van der Waals surface area contributed by atoms with Gasteiger partial charge < -0.3 is 5.32 Å². The predicted molar refractivity (Wildman–Crippen MR) is 67.5 cm³/mol. The van der Waals surface area contributed by atoms with E-state index in [-0.39, 0.29) is 11.2 Å². The van der Waals surface area contributed by atoms with Crippen molar-refractivity contribution in [3.63, 3.8) is 0 Å². The molecule has 1 saturated heterocycles. The number of nitrogens with one attached hydrogen (secondary N) is 1. The molecule has 1 fully saturated rings. The normalized spacial score (nSPS) is 28.4. The van der Waals surface area contributed by atoms with Crippen LogP contribution in [0.2, 0.25) is 0 Å². The van der Waals surface area contributed by atoms with Crippen molar-refractivity contribution in [1.29, 1.82) is 0 Å². The molecule has 1 aliphatic heterocycles. The molecular weight excluding hydrogens is 246 g/mol. The van der Waals surface area contributed by atoms with Crippen LogP contribution in [0.15, 0.2) is 0 Å². The number of thiol groups is 1. The molecule has 1 aliphatic rings. The van der Waals surface area contributed by atoms with Crippen molar-refractivity contribution in [3.8, 4) is 0 Å². The van der Waals surface area contributed by atoms with Gasteiger partial charge in [0.05, 0.1) is 4.75 Å². The third-order valence-electron chi connectivity index (χ3n) is 2.78. The van der Waals surface area contributed by atoms with Crippen LogP contribution in [0.5, 0.6) is 0 Å². The summed E-state index contributed by atoms with van der Waals surface area (Å²) in [6, 6.07) is 0. The van der Waals surface area contributed by atoms with E-state index in [1.54, 1.807) is 20.8 Å². The van der Waals surface area contributed by atoms with Gasteiger partial charge in [0, 0.05) is 11.8 Å². The fourth-order valence-electron chi connectivity index (χ4n) is 1.64. The second kappa shape index (κ2) is 4.56. The highest BCUT2D eigenvalue weighted by Gasteiger charge is 2.42. The standard InChI is InChI=1S/C10H19NO3S2/c1-10(2,3)16(13,14)8-6-7(15)4-5-11-9(8)12/h7-8,15H,4-6H2,1-3H3,(H,11,12). The van der Waals surface area contributed by atoms with Crippen LogP contribution < -0.4 is 5.32 Å². The molecule has 2 atom stereocenters. The molecule has 1 heterocycles. The van der Waals surface area contributed by atoms with Crippen molar-refractivity contribution in [1.82, 2.24) is 5.32 Å². The smallest absolute Gasteiger partial charge is 0.238 e. The van der Waals surface area contributed by atoms with Gasteiger partial charge in [-0.05, 0) is 33.6 Å². The Bertz CT molecular complexity index is 370. The summed E-state index contributed by atoms with van der Waals surface area (Å²) in [5.74, 6) is -0.383. The van der Waals surface area contributed by atoms with Gasteiger partial charge in [-0.25, -0.2) is 8.42 Å². The zero-order valence-corrected chi connectivity index (χ0v) is 11.6. The van der Waals surface area contributed by atoms with Crippen LogP contribution in [0.25, 0.3) is 0 Å². The molecule has 2 unspecified atom stereocenters. The van der Waals surface area contributed by atoms with Gasteiger partial charge in [-0.2, -0.15) is 12.6 Å². The first-order chi connectivity index (χ1) is 7.16. The summed E-state index contributed by atoms with van der Waals surface area (Å²) in [5, 5.41) is 1.63. The minimum absolute atomic E-state index is 0.0407. The van der Waals surface area contributed by atoms with Crippen molar-refractivity contribution in [3.05, 3.63) is 0 Å². The first kappa shape index (κ1) is 13.8. The third kappa shape index (κ3) is 2.71. The SMILES string of the molecule is CC(C)(C)S(=O)(=O)C1CC(S)CCNC1=O. The largest absolute Gasteiger partial charge is 0.355 e. The Balaban J connectivity index is 3.05. The van der Waals surface area contributed by atoms with Crippen molar-refractivity contribution in [2.45, 2.75) is 48.9 Å². The Labute approximate surface area is 103 Å². The molecule has 0 aliphatic carbocycles. The third-order valence-corrected chi connectivity index (χ3v) is 6.12. The van der Waals surface area contributed by atoms with Gasteiger partial charge >= 0.3 is 0 Å². The molecule has 0 spiro atoms. The van der Waals surface area contributed by atoms with Crippen LogP contribution in [-0.2, 0) is 14.6 Å². The molecule has 0 bridgehead atoms. The summed E-state index contributed by atoms with van der Waals surface area (Å²) in [6.45, 7) is 5.36. The summed E-state index contributed by atoms with van der Waals surface area (Å²) in [4.78, 5) is 11.7. The number of sulfone groups is 1. The number of carbonyl (C=O) groups excluding carboxylic acids is 1. The van der Waals surface area contributed by atoms with Gasteiger partial charge in [0.15, 0.2) is 9.84 Å². The molecule has 0 aromatic heterocycles. The average molecular weight is 265 g/mol. The molecule has 1 rings (SSSR count). The molecule has 1 N–H and O–H groups in total. The molecule has 0 aromatic rings. The maximum Gasteiger partial charge on any atom is 0.238 e. The fourth-order valence-corrected chi connectivity index (χ4v) is 3.83. The van der Waals surface area contributed by atoms with Crippen molar-refractivity contribution < 1.29 is 13.2 Å². The Hall–Kier alpha value is -0.230. The van der Waals surface area contributed by atoms with Crippen LogP contribution in [0.4, 0.5) is 0 Å². The number of hydrogen-bond donors (Lipinski definition) is 2. The molecule has 6 heteroatoms. The highest BCUT2D eigenvalue weighted by atomic mass is 32.2. The summed E-state index contributed by atoms with van der Waals surface area (Å²) in [6.07, 6.45) is 1.01. The van der Waals surface area contributed by atoms with E-state index in [1.165, 1.54) is 0 Å². The van der Waals surface area contributed by atoms with Crippen LogP contribution in [0.1, 0.15) is 33.6 Å². The molecule has 0 saturated carbocycles. The van der Waals surface area contributed by atoms with E-state index in [0.717, 1.165) is 0 Å². The predicted octanol–water partition coefficient (Wildman–Crippen LogP) is 0.777. The van der Waals surface area contributed by atoms with Crippen LogP contribution in [0.3, 0.4) is 0 Å². The van der Waals surface area contributed by atoms with Crippen molar-refractivity contribution in [2.24, 2.45) is 0 Å². The highest BCUT2D eigenvalue weighted by Crippen LogP contribution is 2.26. The van der Waals surface area contributed by atoms with Crippen LogP contribution in [-0.4, -0.2) is 36.1 Å². The van der Waals surface area contributed by atoms with E-state index >= 15 is 0 Å². The number of hydrogen-bond acceptors (Lipinski definition) is 4. The first-order valence-corrected chi connectivity index (χ1v) is 7.42. The van der Waals surface area contributed by atoms with Crippen molar-refractivity contribution >= 4 is 28.4 Å². The van der Waals surface area contributed by atoms with E-state index in [2.05, 4.69) is 17.9 Å². The monoisotopic (exact) mass is 265 g/mol. The lowest BCUT2D eigenvalue weighted by atomic mass is 10.2. The Morgan fingerprint density at radius 1 is 1.38 bits per heavy atom. The molecule has 0 radical (unpaired) electrons. The van der Waals surface area contributed by atoms with Crippen LogP contribution in [0, 0.1) is 0 Å². The average Bonchev–Trinajstić information content (AvgIpc) is 2.26. The van der Waals surface area contributed by atoms with Gasteiger partial charge in [0.1, 0.15) is 5.25 Å². The minimum Gasteiger partial charge on any atom is -0.355 e. The lowest BCUT2D eigenvalue weighted by Gasteiger charge is -2.25. The summed E-state index contributed by atoms with van der Waals surface area (Å²) in [5.41, 5.74) is 0. The summed E-state index contributed by atoms with van der Waals surface area (Å²) < 4.78 is 23.5. The van der Waals surface area contributed by atoms with Crippen molar-refractivity contribution in [2.75, 3.05) is 6.54 Å². The van der Waals surface area contributed by atoms with E-state index in [4.69, 9.17) is 0 Å².